The van der Waals surface area contributed by atoms with Crippen LogP contribution in [0.1, 0.15) is 6.92 Å². The number of halogens is 2. The van der Waals surface area contributed by atoms with E-state index in [9.17, 15) is 8.78 Å². The number of ether oxygens (including phenoxy) is 2. The van der Waals surface area contributed by atoms with E-state index in [2.05, 4.69) is 10.8 Å². The van der Waals surface area contributed by atoms with Gasteiger partial charge in [0.25, 0.3) is 0 Å². The third-order valence-electron chi connectivity index (χ3n) is 1.27. The van der Waals surface area contributed by atoms with Gasteiger partial charge in [0.1, 0.15) is 11.5 Å². The van der Waals surface area contributed by atoms with Gasteiger partial charge in [-0.15, -0.1) is 0 Å². The van der Waals surface area contributed by atoms with Gasteiger partial charge in [-0.25, -0.2) is 0 Å². The van der Waals surface area contributed by atoms with Crippen LogP contribution in [0.2, 0.25) is 0 Å². The molecule has 1 aromatic rings. The van der Waals surface area contributed by atoms with Crippen molar-refractivity contribution >= 4 is 0 Å². The minimum Gasteiger partial charge on any atom is -0.494 e. The molecule has 0 aliphatic heterocycles. The molecule has 4 heteroatoms. The Morgan fingerprint density at radius 2 is 2.08 bits per heavy atom. The van der Waals surface area contributed by atoms with E-state index in [0.29, 0.717) is 12.4 Å². The van der Waals surface area contributed by atoms with Crippen molar-refractivity contribution in [2.75, 3.05) is 6.61 Å². The third kappa shape index (κ3) is 3.27. The number of rotatable bonds is 4. The standard InChI is InChI=1S/C9H9F2O2/c1-2-12-7-4-3-5-8(6-7)13-9(10)11/h4-6,9H,2H2,1H3. The second-order valence-corrected chi connectivity index (χ2v) is 2.22. The second kappa shape index (κ2) is 4.64. The first-order valence-corrected chi connectivity index (χ1v) is 3.81. The van der Waals surface area contributed by atoms with Gasteiger partial charge >= 0.3 is 6.61 Å². The highest BCUT2D eigenvalue weighted by Gasteiger charge is 2.04. The Bertz CT molecular complexity index is 264. The van der Waals surface area contributed by atoms with Gasteiger partial charge in [-0.3, -0.25) is 0 Å². The van der Waals surface area contributed by atoms with Crippen molar-refractivity contribution in [1.82, 2.24) is 0 Å². The monoisotopic (exact) mass is 187 g/mol. The van der Waals surface area contributed by atoms with Crippen molar-refractivity contribution < 1.29 is 18.3 Å². The van der Waals surface area contributed by atoms with Crippen LogP contribution < -0.4 is 9.47 Å². The fourth-order valence-corrected chi connectivity index (χ4v) is 0.850. The lowest BCUT2D eigenvalue weighted by molar-refractivity contribution is -0.0499. The van der Waals surface area contributed by atoms with Gasteiger partial charge in [-0.2, -0.15) is 8.78 Å². The first-order valence-electron chi connectivity index (χ1n) is 3.81. The molecule has 0 bridgehead atoms. The first kappa shape index (κ1) is 9.77. The van der Waals surface area contributed by atoms with E-state index in [-0.39, 0.29) is 5.75 Å². The van der Waals surface area contributed by atoms with Crippen LogP contribution in [0, 0.1) is 6.07 Å². The van der Waals surface area contributed by atoms with E-state index in [0.717, 1.165) is 0 Å². The fraction of sp³-hybridized carbons (Fsp3) is 0.333. The molecule has 13 heavy (non-hydrogen) atoms. The summed E-state index contributed by atoms with van der Waals surface area (Å²) in [7, 11) is 0. The normalized spacial score (nSPS) is 10.2. The average Bonchev–Trinajstić information content (AvgIpc) is 2.04. The summed E-state index contributed by atoms with van der Waals surface area (Å²) in [5, 5.41) is 0. The van der Waals surface area contributed by atoms with Gasteiger partial charge in [-0.1, -0.05) is 0 Å². The van der Waals surface area contributed by atoms with Gasteiger partial charge in [0.2, 0.25) is 0 Å². The van der Waals surface area contributed by atoms with Gasteiger partial charge in [0, 0.05) is 6.07 Å². The third-order valence-corrected chi connectivity index (χ3v) is 1.27. The number of alkyl halides is 2. The van der Waals surface area contributed by atoms with Crippen LogP contribution in [0.4, 0.5) is 8.78 Å². The minimum absolute atomic E-state index is 0.0564. The van der Waals surface area contributed by atoms with E-state index in [1.165, 1.54) is 12.1 Å². The smallest absolute Gasteiger partial charge is 0.387 e. The van der Waals surface area contributed by atoms with Crippen LogP contribution in [0.15, 0.2) is 18.2 Å². The molecular weight excluding hydrogens is 178 g/mol. The predicted octanol–water partition coefficient (Wildman–Crippen LogP) is 2.49. The van der Waals surface area contributed by atoms with Gasteiger partial charge in [-0.05, 0) is 25.1 Å². The molecule has 0 fully saturated rings. The molecule has 2 nitrogen and oxygen atoms in total. The highest BCUT2D eigenvalue weighted by atomic mass is 19.3. The SMILES string of the molecule is CCOc1c[c]cc(OC(F)F)c1. The first-order chi connectivity index (χ1) is 6.22. The van der Waals surface area contributed by atoms with Crippen molar-refractivity contribution in [3.8, 4) is 11.5 Å². The summed E-state index contributed by atoms with van der Waals surface area (Å²) in [5.74, 6) is 0.529. The molecule has 0 spiro atoms. The number of benzene rings is 1. The Kier molecular flexibility index (Phi) is 3.49. The summed E-state index contributed by atoms with van der Waals surface area (Å²) in [4.78, 5) is 0. The van der Waals surface area contributed by atoms with Crippen LogP contribution in [0.5, 0.6) is 11.5 Å². The van der Waals surface area contributed by atoms with E-state index in [4.69, 9.17) is 4.74 Å². The lowest BCUT2D eigenvalue weighted by atomic mass is 10.3. The molecule has 1 rings (SSSR count). The van der Waals surface area contributed by atoms with Gasteiger partial charge < -0.3 is 9.47 Å². The van der Waals surface area contributed by atoms with Crippen molar-refractivity contribution in [1.29, 1.82) is 0 Å². The molecule has 1 radical (unpaired) electrons. The lowest BCUT2D eigenvalue weighted by Gasteiger charge is -2.06. The average molecular weight is 187 g/mol. The molecular formula is C9H9F2O2. The fourth-order valence-electron chi connectivity index (χ4n) is 0.850. The summed E-state index contributed by atoms with van der Waals surface area (Å²) in [5.41, 5.74) is 0. The van der Waals surface area contributed by atoms with Crippen molar-refractivity contribution in [2.45, 2.75) is 13.5 Å². The number of hydrogen-bond acceptors (Lipinski definition) is 2. The van der Waals surface area contributed by atoms with E-state index in [1.54, 1.807) is 13.0 Å². The van der Waals surface area contributed by atoms with E-state index >= 15 is 0 Å². The lowest BCUT2D eigenvalue weighted by Crippen LogP contribution is -2.02. The van der Waals surface area contributed by atoms with Crippen LogP contribution >= 0.6 is 0 Å². The summed E-state index contributed by atoms with van der Waals surface area (Å²) in [6.45, 7) is -0.530. The highest BCUT2D eigenvalue weighted by Crippen LogP contribution is 2.20. The minimum atomic E-state index is -2.81. The Morgan fingerprint density at radius 1 is 1.38 bits per heavy atom. The highest BCUT2D eigenvalue weighted by molar-refractivity contribution is 5.32. The summed E-state index contributed by atoms with van der Waals surface area (Å²) < 4.78 is 32.8. The second-order valence-electron chi connectivity index (χ2n) is 2.22. The molecule has 0 aliphatic carbocycles. The maximum atomic E-state index is 11.8. The van der Waals surface area contributed by atoms with Crippen molar-refractivity contribution in [3.63, 3.8) is 0 Å². The molecule has 0 aromatic heterocycles. The molecule has 71 valence electrons. The predicted molar refractivity (Wildman–Crippen MR) is 43.1 cm³/mol. The largest absolute Gasteiger partial charge is 0.494 e. The molecule has 0 amide bonds. The Hall–Kier alpha value is -1.32. The quantitative estimate of drug-likeness (QED) is 0.720. The topological polar surface area (TPSA) is 18.5 Å². The molecule has 0 saturated heterocycles. The molecule has 0 aliphatic rings. The van der Waals surface area contributed by atoms with Crippen LogP contribution in [-0.2, 0) is 0 Å². The van der Waals surface area contributed by atoms with Crippen LogP contribution in [0.3, 0.4) is 0 Å². The Morgan fingerprint density at radius 3 is 2.69 bits per heavy atom. The zero-order valence-electron chi connectivity index (χ0n) is 7.09. The van der Waals surface area contributed by atoms with Gasteiger partial charge in [0.05, 0.1) is 6.61 Å². The van der Waals surface area contributed by atoms with Gasteiger partial charge in [0.15, 0.2) is 0 Å². The summed E-state index contributed by atoms with van der Waals surface area (Å²) in [6.07, 6.45) is 0. The molecule has 0 atom stereocenters. The van der Waals surface area contributed by atoms with E-state index < -0.39 is 6.61 Å². The molecule has 0 unspecified atom stereocenters. The summed E-state index contributed by atoms with van der Waals surface area (Å²) >= 11 is 0. The van der Waals surface area contributed by atoms with Crippen LogP contribution in [0.25, 0.3) is 0 Å². The van der Waals surface area contributed by atoms with Crippen molar-refractivity contribution in [2.24, 2.45) is 0 Å². The maximum Gasteiger partial charge on any atom is 0.387 e. The van der Waals surface area contributed by atoms with E-state index in [1.807, 2.05) is 0 Å². The van der Waals surface area contributed by atoms with Crippen LogP contribution in [-0.4, -0.2) is 13.2 Å². The molecule has 0 saturated carbocycles. The molecule has 0 heterocycles. The zero-order valence-corrected chi connectivity index (χ0v) is 7.09. The van der Waals surface area contributed by atoms with Crippen molar-refractivity contribution in [3.05, 3.63) is 24.3 Å². The maximum absolute atomic E-state index is 11.8. The number of hydrogen-bond donors (Lipinski definition) is 0. The Balaban J connectivity index is 2.67. The Labute approximate surface area is 75.1 Å². The molecule has 0 N–H and O–H groups in total. The zero-order chi connectivity index (χ0) is 9.68. The molecule has 1 aromatic carbocycles. The summed E-state index contributed by atoms with van der Waals surface area (Å²) in [6, 6.07) is 6.92.